The second-order valence-corrected chi connectivity index (χ2v) is 7.04. The van der Waals surface area contributed by atoms with Gasteiger partial charge in [0.25, 0.3) is 0 Å². The van der Waals surface area contributed by atoms with Gasteiger partial charge in [-0.05, 0) is 38.1 Å². The Morgan fingerprint density at radius 3 is 2.19 bits per heavy atom. The Kier molecular flexibility index (Phi) is 3.57. The summed E-state index contributed by atoms with van der Waals surface area (Å²) in [7, 11) is -3.12. The van der Waals surface area contributed by atoms with E-state index in [2.05, 4.69) is 5.32 Å². The molecule has 1 aromatic rings. The molecule has 1 rings (SSSR count). The zero-order valence-corrected chi connectivity index (χ0v) is 10.4. The van der Waals surface area contributed by atoms with E-state index >= 15 is 0 Å². The molecule has 1 aromatic carbocycles. The Bertz CT molecular complexity index is 451. The summed E-state index contributed by atoms with van der Waals surface area (Å²) in [6.45, 7) is 3.59. The van der Waals surface area contributed by atoms with Crippen LogP contribution in [0.5, 0.6) is 0 Å². The highest BCUT2D eigenvalue weighted by Crippen LogP contribution is 2.17. The minimum absolute atomic E-state index is 0.289. The summed E-state index contributed by atoms with van der Waals surface area (Å²) < 4.78 is 34.6. The number of rotatable bonds is 4. The fourth-order valence-corrected chi connectivity index (χ4v) is 1.35. The molecule has 0 aliphatic rings. The van der Waals surface area contributed by atoms with Crippen LogP contribution in [0.15, 0.2) is 24.3 Å². The summed E-state index contributed by atoms with van der Waals surface area (Å²) in [5, 5.41) is 2.97. The molecule has 0 spiro atoms. The predicted octanol–water partition coefficient (Wildman–Crippen LogP) is 2.06. The summed E-state index contributed by atoms with van der Waals surface area (Å²) in [6, 6.07) is 5.81. The van der Waals surface area contributed by atoms with Crippen molar-refractivity contribution in [2.45, 2.75) is 18.6 Å². The molecule has 0 radical (unpaired) electrons. The maximum Gasteiger partial charge on any atom is 0.154 e. The van der Waals surface area contributed by atoms with Gasteiger partial charge in [0.05, 0.1) is 4.75 Å². The zero-order chi connectivity index (χ0) is 12.4. The van der Waals surface area contributed by atoms with E-state index in [0.29, 0.717) is 5.69 Å². The summed E-state index contributed by atoms with van der Waals surface area (Å²) >= 11 is 0. The molecule has 0 bridgehead atoms. The highest BCUT2D eigenvalue weighted by Gasteiger charge is 2.29. The lowest BCUT2D eigenvalue weighted by atomic mass is 10.2. The average Bonchev–Trinajstić information content (AvgIpc) is 2.15. The van der Waals surface area contributed by atoms with Gasteiger partial charge in [0, 0.05) is 18.5 Å². The Morgan fingerprint density at radius 2 is 1.75 bits per heavy atom. The third-order valence-corrected chi connectivity index (χ3v) is 4.72. The van der Waals surface area contributed by atoms with Gasteiger partial charge in [0.2, 0.25) is 0 Å². The van der Waals surface area contributed by atoms with Crippen molar-refractivity contribution in [2.75, 3.05) is 18.1 Å². The average molecular weight is 245 g/mol. The third-order valence-electron chi connectivity index (χ3n) is 2.57. The van der Waals surface area contributed by atoms with Crippen LogP contribution in [-0.2, 0) is 9.84 Å². The molecule has 16 heavy (non-hydrogen) atoms. The zero-order valence-electron chi connectivity index (χ0n) is 9.62. The number of anilines is 1. The van der Waals surface area contributed by atoms with Crippen molar-refractivity contribution in [3.63, 3.8) is 0 Å². The molecule has 0 atom stereocenters. The second-order valence-electron chi connectivity index (χ2n) is 4.39. The molecule has 0 fully saturated rings. The first-order valence-corrected chi connectivity index (χ1v) is 6.80. The SMILES string of the molecule is CC(C)(CNc1ccc(F)cc1)S(C)(=O)=O. The Balaban J connectivity index is 2.68. The molecule has 0 saturated carbocycles. The molecule has 0 saturated heterocycles. The predicted molar refractivity (Wildman–Crippen MR) is 63.8 cm³/mol. The molecular formula is C11H16FNO2S. The quantitative estimate of drug-likeness (QED) is 0.883. The van der Waals surface area contributed by atoms with Crippen molar-refractivity contribution in [1.82, 2.24) is 0 Å². The van der Waals surface area contributed by atoms with Crippen LogP contribution in [0.2, 0.25) is 0 Å². The summed E-state index contributed by atoms with van der Waals surface area (Å²) in [5.41, 5.74) is 0.707. The van der Waals surface area contributed by atoms with E-state index in [1.165, 1.54) is 18.4 Å². The highest BCUT2D eigenvalue weighted by atomic mass is 32.2. The Morgan fingerprint density at radius 1 is 1.25 bits per heavy atom. The second kappa shape index (κ2) is 4.41. The van der Waals surface area contributed by atoms with Crippen molar-refractivity contribution >= 4 is 15.5 Å². The molecule has 3 nitrogen and oxygen atoms in total. The Labute approximate surface area is 95.6 Å². The van der Waals surface area contributed by atoms with Gasteiger partial charge >= 0.3 is 0 Å². The number of sulfone groups is 1. The minimum Gasteiger partial charge on any atom is -0.383 e. The van der Waals surface area contributed by atoms with Crippen LogP contribution < -0.4 is 5.32 Å². The summed E-state index contributed by atoms with van der Waals surface area (Å²) in [5.74, 6) is -0.312. The molecule has 0 aromatic heterocycles. The molecule has 0 aliphatic carbocycles. The van der Waals surface area contributed by atoms with Gasteiger partial charge in [0.15, 0.2) is 9.84 Å². The van der Waals surface area contributed by atoms with Crippen LogP contribution in [-0.4, -0.2) is 26.0 Å². The van der Waals surface area contributed by atoms with E-state index in [4.69, 9.17) is 0 Å². The first-order chi connectivity index (χ1) is 7.22. The molecule has 0 amide bonds. The molecule has 90 valence electrons. The van der Waals surface area contributed by atoms with Crippen LogP contribution in [0, 0.1) is 5.82 Å². The van der Waals surface area contributed by atoms with Crippen LogP contribution >= 0.6 is 0 Å². The lowest BCUT2D eigenvalue weighted by molar-refractivity contribution is 0.560. The van der Waals surface area contributed by atoms with Crippen molar-refractivity contribution < 1.29 is 12.8 Å². The first-order valence-electron chi connectivity index (χ1n) is 4.91. The fourth-order valence-electron chi connectivity index (χ4n) is 1.01. The van der Waals surface area contributed by atoms with E-state index in [1.807, 2.05) is 0 Å². The number of benzene rings is 1. The molecule has 1 N–H and O–H groups in total. The maximum atomic E-state index is 12.6. The molecule has 0 unspecified atom stereocenters. The Hall–Kier alpha value is -1.10. The van der Waals surface area contributed by atoms with Crippen molar-refractivity contribution in [3.8, 4) is 0 Å². The van der Waals surface area contributed by atoms with Gasteiger partial charge in [-0.3, -0.25) is 0 Å². The van der Waals surface area contributed by atoms with Crippen LogP contribution in [0.3, 0.4) is 0 Å². The van der Waals surface area contributed by atoms with Crippen molar-refractivity contribution in [3.05, 3.63) is 30.1 Å². The lowest BCUT2D eigenvalue weighted by Crippen LogP contribution is -2.38. The van der Waals surface area contributed by atoms with Crippen LogP contribution in [0.4, 0.5) is 10.1 Å². The number of hydrogen-bond donors (Lipinski definition) is 1. The van der Waals surface area contributed by atoms with Gasteiger partial charge in [-0.2, -0.15) is 0 Å². The van der Waals surface area contributed by atoms with Crippen LogP contribution in [0.1, 0.15) is 13.8 Å². The lowest BCUT2D eigenvalue weighted by Gasteiger charge is -2.23. The van der Waals surface area contributed by atoms with E-state index < -0.39 is 14.6 Å². The minimum atomic E-state index is -3.12. The van der Waals surface area contributed by atoms with Gasteiger partial charge in [0.1, 0.15) is 5.82 Å². The third kappa shape index (κ3) is 3.20. The molecule has 5 heteroatoms. The highest BCUT2D eigenvalue weighted by molar-refractivity contribution is 7.92. The first kappa shape index (κ1) is 13.0. The summed E-state index contributed by atoms with van der Waals surface area (Å²) in [6.07, 6.45) is 1.21. The van der Waals surface area contributed by atoms with E-state index in [0.717, 1.165) is 0 Å². The van der Waals surface area contributed by atoms with Gasteiger partial charge in [-0.25, -0.2) is 12.8 Å². The molecular weight excluding hydrogens is 229 g/mol. The standard InChI is InChI=1S/C11H16FNO2S/c1-11(2,16(3,14)15)8-13-10-6-4-9(12)5-7-10/h4-7,13H,8H2,1-3H3. The number of nitrogens with one attached hydrogen (secondary N) is 1. The van der Waals surface area contributed by atoms with Crippen molar-refractivity contribution in [2.24, 2.45) is 0 Å². The van der Waals surface area contributed by atoms with Gasteiger partial charge in [-0.15, -0.1) is 0 Å². The maximum absolute atomic E-state index is 12.6. The van der Waals surface area contributed by atoms with E-state index in [-0.39, 0.29) is 12.4 Å². The van der Waals surface area contributed by atoms with Gasteiger partial charge in [-0.1, -0.05) is 0 Å². The summed E-state index contributed by atoms with van der Waals surface area (Å²) in [4.78, 5) is 0. The fraction of sp³-hybridized carbons (Fsp3) is 0.455. The van der Waals surface area contributed by atoms with E-state index in [9.17, 15) is 12.8 Å². The number of hydrogen-bond acceptors (Lipinski definition) is 3. The number of halogens is 1. The normalized spacial score (nSPS) is 12.5. The smallest absolute Gasteiger partial charge is 0.154 e. The monoisotopic (exact) mass is 245 g/mol. The van der Waals surface area contributed by atoms with Crippen LogP contribution in [0.25, 0.3) is 0 Å². The molecule has 0 heterocycles. The molecule has 0 aliphatic heterocycles. The largest absolute Gasteiger partial charge is 0.383 e. The van der Waals surface area contributed by atoms with Crippen molar-refractivity contribution in [1.29, 1.82) is 0 Å². The van der Waals surface area contributed by atoms with Gasteiger partial charge < -0.3 is 5.32 Å². The topological polar surface area (TPSA) is 46.2 Å². The van der Waals surface area contributed by atoms with E-state index in [1.54, 1.807) is 26.0 Å².